The third-order valence-electron chi connectivity index (χ3n) is 2.73. The molecule has 0 amide bonds. The molecule has 0 heterocycles. The Balaban J connectivity index is 0.00000220. The molecule has 0 saturated carbocycles. The van der Waals surface area contributed by atoms with Gasteiger partial charge in [0.05, 0.1) is 16.9 Å². The van der Waals surface area contributed by atoms with Gasteiger partial charge in [-0.15, -0.1) is 12.4 Å². The van der Waals surface area contributed by atoms with Crippen molar-refractivity contribution in [2.45, 2.75) is 16.3 Å². The van der Waals surface area contributed by atoms with Crippen LogP contribution in [0.5, 0.6) is 5.75 Å². The quantitative estimate of drug-likeness (QED) is 0.670. The third-order valence-corrected chi connectivity index (χ3v) is 3.76. The summed E-state index contributed by atoms with van der Waals surface area (Å²) in [6.45, 7) is 0.439. The van der Waals surface area contributed by atoms with Crippen LogP contribution in [0.15, 0.2) is 52.3 Å². The van der Waals surface area contributed by atoms with E-state index in [9.17, 15) is 10.1 Å². The minimum absolute atomic E-state index is 0. The molecule has 2 N–H and O–H groups in total. The van der Waals surface area contributed by atoms with Crippen molar-refractivity contribution < 1.29 is 9.66 Å². The van der Waals surface area contributed by atoms with Crippen molar-refractivity contribution in [1.29, 1.82) is 0 Å². The van der Waals surface area contributed by atoms with Crippen LogP contribution in [0, 0.1) is 10.1 Å². The fourth-order valence-electron chi connectivity index (χ4n) is 1.72. The first-order chi connectivity index (χ1) is 9.63. The lowest BCUT2D eigenvalue weighted by atomic mass is 10.2. The predicted molar refractivity (Wildman–Crippen MR) is 85.4 cm³/mol. The number of nitro groups is 1. The van der Waals surface area contributed by atoms with Crippen LogP contribution in [0.2, 0.25) is 0 Å². The molecule has 0 aromatic heterocycles. The fourth-order valence-corrected chi connectivity index (χ4v) is 2.75. The van der Waals surface area contributed by atoms with Crippen LogP contribution in [0.4, 0.5) is 5.69 Å². The molecule has 5 nitrogen and oxygen atoms in total. The van der Waals surface area contributed by atoms with E-state index in [1.165, 1.54) is 24.9 Å². The van der Waals surface area contributed by atoms with Crippen molar-refractivity contribution in [3.8, 4) is 5.75 Å². The Morgan fingerprint density at radius 2 is 2.05 bits per heavy atom. The van der Waals surface area contributed by atoms with Gasteiger partial charge in [-0.1, -0.05) is 23.9 Å². The van der Waals surface area contributed by atoms with Crippen LogP contribution in [-0.4, -0.2) is 12.0 Å². The summed E-state index contributed by atoms with van der Waals surface area (Å²) in [5.41, 5.74) is 6.65. The van der Waals surface area contributed by atoms with E-state index in [1.54, 1.807) is 12.1 Å². The summed E-state index contributed by atoms with van der Waals surface area (Å²) >= 11 is 1.32. The van der Waals surface area contributed by atoms with E-state index in [0.717, 1.165) is 10.5 Å². The van der Waals surface area contributed by atoms with Crippen molar-refractivity contribution in [2.24, 2.45) is 5.73 Å². The molecule has 2 aromatic rings. The monoisotopic (exact) mass is 326 g/mol. The number of hydrogen-bond acceptors (Lipinski definition) is 5. The van der Waals surface area contributed by atoms with Gasteiger partial charge in [-0.2, -0.15) is 0 Å². The average Bonchev–Trinajstić information content (AvgIpc) is 2.47. The molecule has 0 atom stereocenters. The zero-order chi connectivity index (χ0) is 14.5. The minimum atomic E-state index is -0.394. The lowest BCUT2D eigenvalue weighted by Gasteiger charge is -2.06. The molecule has 21 heavy (non-hydrogen) atoms. The van der Waals surface area contributed by atoms with Gasteiger partial charge < -0.3 is 10.5 Å². The second-order valence-electron chi connectivity index (χ2n) is 4.04. The standard InChI is InChI=1S/C14H14N2O3S.ClH/c1-19-11-5-6-13(16(17)18)14(8-11)20-12-4-2-3-10(7-12)9-15;/h2-8H,9,15H2,1H3;1H. The van der Waals surface area contributed by atoms with Crippen molar-refractivity contribution in [3.05, 3.63) is 58.1 Å². The first-order valence-electron chi connectivity index (χ1n) is 5.93. The van der Waals surface area contributed by atoms with Crippen LogP contribution in [0.25, 0.3) is 0 Å². The van der Waals surface area contributed by atoms with Crippen molar-refractivity contribution in [1.82, 2.24) is 0 Å². The fraction of sp³-hybridized carbons (Fsp3) is 0.143. The van der Waals surface area contributed by atoms with E-state index in [1.807, 2.05) is 24.3 Å². The number of nitrogens with two attached hydrogens (primary N) is 1. The maximum Gasteiger partial charge on any atom is 0.283 e. The van der Waals surface area contributed by atoms with Crippen LogP contribution in [0.1, 0.15) is 5.56 Å². The zero-order valence-electron chi connectivity index (χ0n) is 11.3. The molecule has 0 spiro atoms. The zero-order valence-corrected chi connectivity index (χ0v) is 12.9. The molecule has 0 aliphatic heterocycles. The lowest BCUT2D eigenvalue weighted by molar-refractivity contribution is -0.387. The Morgan fingerprint density at radius 1 is 1.29 bits per heavy atom. The number of halogens is 1. The molecule has 0 unspecified atom stereocenters. The van der Waals surface area contributed by atoms with Gasteiger partial charge in [0.1, 0.15) is 5.75 Å². The number of rotatable bonds is 5. The van der Waals surface area contributed by atoms with Gasteiger partial charge in [0.2, 0.25) is 0 Å². The molecule has 0 bridgehead atoms. The highest BCUT2D eigenvalue weighted by molar-refractivity contribution is 7.99. The van der Waals surface area contributed by atoms with Gasteiger partial charge in [-0.3, -0.25) is 10.1 Å². The van der Waals surface area contributed by atoms with Crippen molar-refractivity contribution in [3.63, 3.8) is 0 Å². The van der Waals surface area contributed by atoms with Gasteiger partial charge in [0.15, 0.2) is 0 Å². The van der Waals surface area contributed by atoms with E-state index >= 15 is 0 Å². The van der Waals surface area contributed by atoms with Gasteiger partial charge >= 0.3 is 0 Å². The topological polar surface area (TPSA) is 78.4 Å². The Kier molecular flexibility index (Phi) is 6.48. The highest BCUT2D eigenvalue weighted by Crippen LogP contribution is 2.37. The van der Waals surface area contributed by atoms with E-state index in [-0.39, 0.29) is 18.1 Å². The van der Waals surface area contributed by atoms with Crippen LogP contribution in [-0.2, 0) is 6.54 Å². The molecule has 0 aliphatic carbocycles. The van der Waals surface area contributed by atoms with Crippen LogP contribution >= 0.6 is 24.2 Å². The van der Waals surface area contributed by atoms with Crippen LogP contribution < -0.4 is 10.5 Å². The largest absolute Gasteiger partial charge is 0.497 e. The summed E-state index contributed by atoms with van der Waals surface area (Å²) in [7, 11) is 1.53. The first kappa shape index (κ1) is 17.3. The number of benzene rings is 2. The maximum absolute atomic E-state index is 11.1. The smallest absolute Gasteiger partial charge is 0.283 e. The molecular formula is C14H15ClN2O3S. The number of nitrogens with zero attached hydrogens (tertiary/aromatic N) is 1. The molecule has 7 heteroatoms. The highest BCUT2D eigenvalue weighted by atomic mass is 35.5. The van der Waals surface area contributed by atoms with Crippen molar-refractivity contribution >= 4 is 29.9 Å². The molecule has 0 radical (unpaired) electrons. The van der Waals surface area contributed by atoms with Gasteiger partial charge in [0, 0.05) is 23.6 Å². The molecule has 0 fully saturated rings. The summed E-state index contributed by atoms with van der Waals surface area (Å²) in [6.07, 6.45) is 0. The summed E-state index contributed by atoms with van der Waals surface area (Å²) in [5, 5.41) is 11.1. The maximum atomic E-state index is 11.1. The minimum Gasteiger partial charge on any atom is -0.497 e. The van der Waals surface area contributed by atoms with Gasteiger partial charge in [-0.05, 0) is 23.8 Å². The Morgan fingerprint density at radius 3 is 2.67 bits per heavy atom. The van der Waals surface area contributed by atoms with Crippen LogP contribution in [0.3, 0.4) is 0 Å². The van der Waals surface area contributed by atoms with Gasteiger partial charge in [-0.25, -0.2) is 0 Å². The Labute approximate surface area is 133 Å². The molecule has 0 saturated heterocycles. The number of hydrogen-bond donors (Lipinski definition) is 1. The molecule has 0 aliphatic rings. The number of ether oxygens (including phenoxy) is 1. The van der Waals surface area contributed by atoms with Gasteiger partial charge in [0.25, 0.3) is 5.69 Å². The second-order valence-corrected chi connectivity index (χ2v) is 5.16. The number of nitro benzene ring substituents is 1. The molecule has 2 rings (SSSR count). The van der Waals surface area contributed by atoms with E-state index < -0.39 is 4.92 Å². The predicted octanol–water partition coefficient (Wildman–Crippen LogP) is 3.64. The Bertz CT molecular complexity index is 637. The first-order valence-corrected chi connectivity index (χ1v) is 6.75. The molecule has 2 aromatic carbocycles. The lowest BCUT2D eigenvalue weighted by Crippen LogP contribution is -1.96. The summed E-state index contributed by atoms with van der Waals surface area (Å²) in [4.78, 5) is 12.1. The molecule has 112 valence electrons. The normalized spacial score (nSPS) is 9.81. The van der Waals surface area contributed by atoms with E-state index in [4.69, 9.17) is 10.5 Å². The highest BCUT2D eigenvalue weighted by Gasteiger charge is 2.15. The van der Waals surface area contributed by atoms with E-state index in [0.29, 0.717) is 17.2 Å². The van der Waals surface area contributed by atoms with Crippen molar-refractivity contribution in [2.75, 3.05) is 7.11 Å². The third kappa shape index (κ3) is 4.35. The summed E-state index contributed by atoms with van der Waals surface area (Å²) in [6, 6.07) is 12.3. The second kappa shape index (κ2) is 7.87. The number of methoxy groups -OCH3 is 1. The summed E-state index contributed by atoms with van der Waals surface area (Å²) < 4.78 is 5.12. The van der Waals surface area contributed by atoms with E-state index in [2.05, 4.69) is 0 Å². The SMILES string of the molecule is COc1ccc([N+](=O)[O-])c(Sc2cccc(CN)c2)c1.Cl. The Hall–Kier alpha value is -1.76. The average molecular weight is 327 g/mol. The molecular weight excluding hydrogens is 312 g/mol. The summed E-state index contributed by atoms with van der Waals surface area (Å²) in [5.74, 6) is 0.591.